The van der Waals surface area contributed by atoms with Crippen LogP contribution in [0.15, 0.2) is 0 Å². The van der Waals surface area contributed by atoms with E-state index in [0.717, 1.165) is 25.6 Å². The summed E-state index contributed by atoms with van der Waals surface area (Å²) in [5.74, 6) is 0.820. The molecule has 1 aliphatic carbocycles. The van der Waals surface area contributed by atoms with E-state index in [9.17, 15) is 0 Å². The Morgan fingerprint density at radius 2 is 2.07 bits per heavy atom. The van der Waals surface area contributed by atoms with Gasteiger partial charge in [-0.05, 0) is 44.6 Å². The van der Waals surface area contributed by atoms with Crippen LogP contribution >= 0.6 is 11.6 Å². The SMILES string of the molecule is ClC1CC(CNCC2CCCCO2)C1. The Balaban J connectivity index is 1.50. The van der Waals surface area contributed by atoms with Gasteiger partial charge in [-0.25, -0.2) is 0 Å². The zero-order chi connectivity index (χ0) is 9.80. The molecule has 1 atom stereocenters. The second-order valence-corrected chi connectivity index (χ2v) is 5.20. The van der Waals surface area contributed by atoms with Crippen LogP contribution in [0.3, 0.4) is 0 Å². The summed E-state index contributed by atoms with van der Waals surface area (Å²) in [4.78, 5) is 0. The number of ether oxygens (including phenoxy) is 1. The Morgan fingerprint density at radius 1 is 1.21 bits per heavy atom. The number of alkyl halides is 1. The second kappa shape index (κ2) is 5.34. The van der Waals surface area contributed by atoms with Gasteiger partial charge in [-0.1, -0.05) is 0 Å². The number of rotatable bonds is 4. The molecule has 2 nitrogen and oxygen atoms in total. The van der Waals surface area contributed by atoms with E-state index >= 15 is 0 Å². The molecule has 0 amide bonds. The molecule has 2 aliphatic rings. The van der Waals surface area contributed by atoms with Crippen LogP contribution in [0, 0.1) is 5.92 Å². The molecule has 1 N–H and O–H groups in total. The molecule has 1 aliphatic heterocycles. The summed E-state index contributed by atoms with van der Waals surface area (Å²) in [7, 11) is 0. The predicted octanol–water partition coefficient (Wildman–Crippen LogP) is 2.16. The average molecular weight is 218 g/mol. The van der Waals surface area contributed by atoms with Crippen molar-refractivity contribution in [3.8, 4) is 0 Å². The van der Waals surface area contributed by atoms with E-state index in [1.165, 1.54) is 32.1 Å². The van der Waals surface area contributed by atoms with E-state index in [1.807, 2.05) is 0 Å². The lowest BCUT2D eigenvalue weighted by Gasteiger charge is -2.32. The number of nitrogens with one attached hydrogen (secondary N) is 1. The molecule has 1 saturated heterocycles. The van der Waals surface area contributed by atoms with E-state index in [4.69, 9.17) is 16.3 Å². The predicted molar refractivity (Wildman–Crippen MR) is 58.8 cm³/mol. The fraction of sp³-hybridized carbons (Fsp3) is 1.00. The van der Waals surface area contributed by atoms with Crippen molar-refractivity contribution < 1.29 is 4.74 Å². The summed E-state index contributed by atoms with van der Waals surface area (Å²) in [6.07, 6.45) is 6.67. The van der Waals surface area contributed by atoms with Crippen molar-refractivity contribution in [1.29, 1.82) is 0 Å². The van der Waals surface area contributed by atoms with Crippen LogP contribution in [-0.4, -0.2) is 31.2 Å². The van der Waals surface area contributed by atoms with Crippen molar-refractivity contribution in [3.63, 3.8) is 0 Å². The van der Waals surface area contributed by atoms with Gasteiger partial charge >= 0.3 is 0 Å². The van der Waals surface area contributed by atoms with Gasteiger partial charge in [0.05, 0.1) is 6.10 Å². The fourth-order valence-corrected chi connectivity index (χ4v) is 2.74. The van der Waals surface area contributed by atoms with Gasteiger partial charge < -0.3 is 10.1 Å². The summed E-state index contributed by atoms with van der Waals surface area (Å²) in [5, 5.41) is 3.95. The molecular formula is C11H20ClNO. The number of hydrogen-bond donors (Lipinski definition) is 1. The molecule has 1 saturated carbocycles. The van der Waals surface area contributed by atoms with Crippen LogP contribution in [0.2, 0.25) is 0 Å². The van der Waals surface area contributed by atoms with Crippen LogP contribution in [0.25, 0.3) is 0 Å². The van der Waals surface area contributed by atoms with Crippen molar-refractivity contribution >= 4 is 11.6 Å². The molecule has 1 heterocycles. The Hall–Kier alpha value is 0.210. The largest absolute Gasteiger partial charge is 0.377 e. The first-order chi connectivity index (χ1) is 6.84. The summed E-state index contributed by atoms with van der Waals surface area (Å²) >= 11 is 5.92. The highest BCUT2D eigenvalue weighted by Crippen LogP contribution is 2.31. The lowest BCUT2D eigenvalue weighted by molar-refractivity contribution is 0.0160. The van der Waals surface area contributed by atoms with Gasteiger partial charge in [0.15, 0.2) is 0 Å². The molecule has 14 heavy (non-hydrogen) atoms. The molecule has 1 unspecified atom stereocenters. The summed E-state index contributed by atoms with van der Waals surface area (Å²) in [6.45, 7) is 3.12. The monoisotopic (exact) mass is 217 g/mol. The molecule has 2 rings (SSSR count). The van der Waals surface area contributed by atoms with Crippen molar-refractivity contribution in [2.45, 2.75) is 43.6 Å². The molecule has 3 heteroatoms. The standard InChI is InChI=1S/C11H20ClNO/c12-10-5-9(6-10)7-13-8-11-3-1-2-4-14-11/h9-11,13H,1-8H2. The molecule has 2 fully saturated rings. The highest BCUT2D eigenvalue weighted by atomic mass is 35.5. The maximum atomic E-state index is 5.92. The zero-order valence-corrected chi connectivity index (χ0v) is 9.43. The minimum atomic E-state index is 0.452. The third kappa shape index (κ3) is 3.11. The lowest BCUT2D eigenvalue weighted by atomic mass is 9.85. The van der Waals surface area contributed by atoms with Gasteiger partial charge in [0.2, 0.25) is 0 Å². The Bertz CT molecular complexity index is 165. The number of halogens is 1. The molecule has 0 aromatic carbocycles. The Morgan fingerprint density at radius 3 is 2.71 bits per heavy atom. The smallest absolute Gasteiger partial charge is 0.0699 e. The van der Waals surface area contributed by atoms with Crippen LogP contribution < -0.4 is 5.32 Å². The summed E-state index contributed by atoms with van der Waals surface area (Å²) in [6, 6.07) is 0. The van der Waals surface area contributed by atoms with Crippen LogP contribution in [-0.2, 0) is 4.74 Å². The first-order valence-electron chi connectivity index (χ1n) is 5.81. The van der Waals surface area contributed by atoms with Gasteiger partial charge in [-0.15, -0.1) is 11.6 Å². The van der Waals surface area contributed by atoms with Crippen LogP contribution in [0.4, 0.5) is 0 Å². The first kappa shape index (κ1) is 10.7. The van der Waals surface area contributed by atoms with E-state index in [2.05, 4.69) is 5.32 Å². The maximum Gasteiger partial charge on any atom is 0.0699 e. The normalized spacial score (nSPS) is 37.9. The van der Waals surface area contributed by atoms with Crippen molar-refractivity contribution in [3.05, 3.63) is 0 Å². The van der Waals surface area contributed by atoms with Crippen molar-refractivity contribution in [2.75, 3.05) is 19.7 Å². The van der Waals surface area contributed by atoms with Gasteiger partial charge in [-0.2, -0.15) is 0 Å². The second-order valence-electron chi connectivity index (χ2n) is 4.58. The maximum absolute atomic E-state index is 5.92. The fourth-order valence-electron chi connectivity index (χ4n) is 2.24. The third-order valence-corrected chi connectivity index (χ3v) is 3.61. The molecule has 0 spiro atoms. The first-order valence-corrected chi connectivity index (χ1v) is 6.24. The summed E-state index contributed by atoms with van der Waals surface area (Å²) < 4.78 is 5.64. The molecule has 0 radical (unpaired) electrons. The molecule has 82 valence electrons. The van der Waals surface area contributed by atoms with E-state index < -0.39 is 0 Å². The minimum Gasteiger partial charge on any atom is -0.377 e. The molecule has 0 aromatic rings. The Kier molecular flexibility index (Phi) is 4.09. The van der Waals surface area contributed by atoms with Gasteiger partial charge in [0.25, 0.3) is 0 Å². The van der Waals surface area contributed by atoms with E-state index in [1.54, 1.807) is 0 Å². The molecule has 0 aromatic heterocycles. The van der Waals surface area contributed by atoms with Gasteiger partial charge in [0, 0.05) is 18.5 Å². The van der Waals surface area contributed by atoms with Crippen LogP contribution in [0.5, 0.6) is 0 Å². The van der Waals surface area contributed by atoms with Crippen molar-refractivity contribution in [1.82, 2.24) is 5.32 Å². The molecular weight excluding hydrogens is 198 g/mol. The quantitative estimate of drug-likeness (QED) is 0.729. The number of hydrogen-bond acceptors (Lipinski definition) is 2. The van der Waals surface area contributed by atoms with Crippen molar-refractivity contribution in [2.24, 2.45) is 5.92 Å². The topological polar surface area (TPSA) is 21.3 Å². The highest BCUT2D eigenvalue weighted by Gasteiger charge is 2.26. The van der Waals surface area contributed by atoms with Crippen LogP contribution in [0.1, 0.15) is 32.1 Å². The summed E-state index contributed by atoms with van der Waals surface area (Å²) in [5.41, 5.74) is 0. The van der Waals surface area contributed by atoms with E-state index in [0.29, 0.717) is 11.5 Å². The average Bonchev–Trinajstić information content (AvgIpc) is 2.17. The zero-order valence-electron chi connectivity index (χ0n) is 8.68. The highest BCUT2D eigenvalue weighted by molar-refractivity contribution is 6.21. The van der Waals surface area contributed by atoms with Gasteiger partial charge in [-0.3, -0.25) is 0 Å². The van der Waals surface area contributed by atoms with E-state index in [-0.39, 0.29) is 0 Å². The minimum absolute atomic E-state index is 0.452. The third-order valence-electron chi connectivity index (χ3n) is 3.26. The Labute approximate surface area is 91.3 Å². The lowest BCUT2D eigenvalue weighted by Crippen LogP contribution is -2.38. The van der Waals surface area contributed by atoms with Gasteiger partial charge in [0.1, 0.15) is 0 Å². The molecule has 0 bridgehead atoms.